The van der Waals surface area contributed by atoms with Crippen LogP contribution in [0.1, 0.15) is 18.5 Å². The van der Waals surface area contributed by atoms with Gasteiger partial charge in [0.15, 0.2) is 10.3 Å². The predicted octanol–water partition coefficient (Wildman–Crippen LogP) is 3.08. The van der Waals surface area contributed by atoms with Crippen molar-refractivity contribution < 1.29 is 4.42 Å². The molecule has 20 heavy (non-hydrogen) atoms. The molecule has 3 heterocycles. The van der Waals surface area contributed by atoms with E-state index in [9.17, 15) is 4.79 Å². The van der Waals surface area contributed by atoms with Crippen LogP contribution in [0.5, 0.6) is 0 Å². The molecule has 1 aliphatic rings. The molecule has 6 heteroatoms. The second-order valence-corrected chi connectivity index (χ2v) is 5.72. The zero-order chi connectivity index (χ0) is 13.7. The molecule has 102 valence electrons. The van der Waals surface area contributed by atoms with Crippen molar-refractivity contribution in [2.45, 2.75) is 25.8 Å². The van der Waals surface area contributed by atoms with Gasteiger partial charge in [-0.3, -0.25) is 4.98 Å². The van der Waals surface area contributed by atoms with E-state index in [-0.39, 0.29) is 0 Å². The van der Waals surface area contributed by atoms with Crippen molar-refractivity contribution in [3.05, 3.63) is 39.2 Å². The Hall–Kier alpha value is -1.82. The minimum Gasteiger partial charge on any atom is -0.408 e. The molecule has 0 fully saturated rings. The highest BCUT2D eigenvalue weighted by Crippen LogP contribution is 2.31. The molecule has 4 rings (SSSR count). The van der Waals surface area contributed by atoms with Crippen LogP contribution in [0.25, 0.3) is 22.4 Å². The Labute approximate surface area is 122 Å². The fourth-order valence-electron chi connectivity index (χ4n) is 2.83. The van der Waals surface area contributed by atoms with Crippen molar-refractivity contribution >= 4 is 27.0 Å². The second-order valence-electron chi connectivity index (χ2n) is 5.01. The van der Waals surface area contributed by atoms with E-state index < -0.39 is 5.76 Å². The van der Waals surface area contributed by atoms with Gasteiger partial charge < -0.3 is 8.98 Å². The molecular weight excluding hydrogens is 322 g/mol. The molecule has 0 radical (unpaired) electrons. The third-order valence-corrected chi connectivity index (χ3v) is 4.37. The molecule has 5 nitrogen and oxygen atoms in total. The number of rotatable bonds is 1. The summed E-state index contributed by atoms with van der Waals surface area (Å²) in [6.45, 7) is 1.01. The SMILES string of the molecule is O=c1[nH]c2cc(-c3nc(Br)n4c3CCCC4)ccc2o1. The molecule has 0 unspecified atom stereocenters. The fraction of sp³-hybridized carbons (Fsp3) is 0.286. The number of hydrogen-bond acceptors (Lipinski definition) is 3. The van der Waals surface area contributed by atoms with E-state index in [4.69, 9.17) is 4.42 Å². The summed E-state index contributed by atoms with van der Waals surface area (Å²) in [5, 5.41) is 0. The highest BCUT2D eigenvalue weighted by molar-refractivity contribution is 9.10. The Bertz CT molecular complexity index is 859. The van der Waals surface area contributed by atoms with Crippen LogP contribution in [0.4, 0.5) is 0 Å². The van der Waals surface area contributed by atoms with Gasteiger partial charge in [-0.25, -0.2) is 9.78 Å². The Morgan fingerprint density at radius 1 is 1.35 bits per heavy atom. The lowest BCUT2D eigenvalue weighted by Gasteiger charge is -2.15. The second kappa shape index (κ2) is 4.34. The number of H-pyrrole nitrogens is 1. The molecule has 3 aromatic rings. The van der Waals surface area contributed by atoms with Crippen molar-refractivity contribution in [3.8, 4) is 11.3 Å². The largest absolute Gasteiger partial charge is 0.417 e. The number of benzene rings is 1. The number of hydrogen-bond donors (Lipinski definition) is 1. The number of nitrogens with one attached hydrogen (secondary N) is 1. The normalized spacial score (nSPS) is 14.7. The van der Waals surface area contributed by atoms with Gasteiger partial charge in [0.05, 0.1) is 11.2 Å². The van der Waals surface area contributed by atoms with Gasteiger partial charge in [0.25, 0.3) is 0 Å². The maximum absolute atomic E-state index is 11.2. The van der Waals surface area contributed by atoms with Gasteiger partial charge in [-0.1, -0.05) is 0 Å². The van der Waals surface area contributed by atoms with E-state index in [1.165, 1.54) is 18.5 Å². The first-order chi connectivity index (χ1) is 9.72. The highest BCUT2D eigenvalue weighted by Gasteiger charge is 2.20. The third kappa shape index (κ3) is 1.75. The summed E-state index contributed by atoms with van der Waals surface area (Å²) in [5.41, 5.74) is 4.53. The Morgan fingerprint density at radius 2 is 2.25 bits per heavy atom. The Balaban J connectivity index is 1.92. The van der Waals surface area contributed by atoms with Crippen molar-refractivity contribution in [2.24, 2.45) is 0 Å². The summed E-state index contributed by atoms with van der Waals surface area (Å²) in [5.74, 6) is -0.426. The minimum absolute atomic E-state index is 0.426. The Morgan fingerprint density at radius 3 is 3.15 bits per heavy atom. The summed E-state index contributed by atoms with van der Waals surface area (Å²) in [7, 11) is 0. The van der Waals surface area contributed by atoms with Gasteiger partial charge in [0, 0.05) is 17.8 Å². The van der Waals surface area contributed by atoms with Crippen molar-refractivity contribution in [3.63, 3.8) is 0 Å². The number of oxazole rings is 1. The van der Waals surface area contributed by atoms with Crippen LogP contribution in [0, 0.1) is 0 Å². The Kier molecular flexibility index (Phi) is 2.60. The lowest BCUT2D eigenvalue weighted by molar-refractivity contribution is 0.525. The molecule has 0 aliphatic carbocycles. The van der Waals surface area contributed by atoms with Crippen LogP contribution in [0.3, 0.4) is 0 Å². The quantitative estimate of drug-likeness (QED) is 0.744. The summed E-state index contributed by atoms with van der Waals surface area (Å²) in [6, 6.07) is 5.68. The standard InChI is InChI=1S/C14H12BrN3O2/c15-13-17-12(10-3-1-2-6-18(10)13)8-4-5-11-9(7-8)16-14(19)20-11/h4-5,7H,1-3,6H2,(H,16,19). The molecule has 0 spiro atoms. The van der Waals surface area contributed by atoms with Crippen molar-refractivity contribution in [1.82, 2.24) is 14.5 Å². The lowest BCUT2D eigenvalue weighted by atomic mass is 10.0. The first-order valence-electron chi connectivity index (χ1n) is 6.60. The molecular formula is C14H12BrN3O2. The van der Waals surface area contributed by atoms with Crippen LogP contribution < -0.4 is 5.76 Å². The summed E-state index contributed by atoms with van der Waals surface area (Å²) in [4.78, 5) is 18.5. The summed E-state index contributed by atoms with van der Waals surface area (Å²) < 4.78 is 8.13. The van der Waals surface area contributed by atoms with Crippen molar-refractivity contribution in [2.75, 3.05) is 0 Å². The number of halogens is 1. The van der Waals surface area contributed by atoms with Gasteiger partial charge in [-0.2, -0.15) is 0 Å². The average molecular weight is 334 g/mol. The number of aromatic amines is 1. The van der Waals surface area contributed by atoms with E-state index >= 15 is 0 Å². The molecule has 1 N–H and O–H groups in total. The first kappa shape index (κ1) is 12.0. The summed E-state index contributed by atoms with van der Waals surface area (Å²) >= 11 is 3.53. The van der Waals surface area contributed by atoms with Crippen LogP contribution in [0.2, 0.25) is 0 Å². The highest BCUT2D eigenvalue weighted by atomic mass is 79.9. The zero-order valence-electron chi connectivity index (χ0n) is 10.6. The number of nitrogens with zero attached hydrogens (tertiary/aromatic N) is 2. The van der Waals surface area contributed by atoms with Gasteiger partial charge in [-0.05, 0) is 53.4 Å². The smallest absolute Gasteiger partial charge is 0.408 e. The van der Waals surface area contributed by atoms with Gasteiger partial charge in [-0.15, -0.1) is 0 Å². The molecule has 0 amide bonds. The van der Waals surface area contributed by atoms with Crippen LogP contribution in [-0.2, 0) is 13.0 Å². The maximum Gasteiger partial charge on any atom is 0.417 e. The molecule has 0 saturated heterocycles. The number of imidazole rings is 1. The molecule has 1 aromatic carbocycles. The first-order valence-corrected chi connectivity index (χ1v) is 7.40. The molecule has 1 aliphatic heterocycles. The van der Waals surface area contributed by atoms with Crippen molar-refractivity contribution in [1.29, 1.82) is 0 Å². The van der Waals surface area contributed by atoms with Crippen LogP contribution in [0.15, 0.2) is 32.1 Å². The van der Waals surface area contributed by atoms with Gasteiger partial charge >= 0.3 is 5.76 Å². The van der Waals surface area contributed by atoms with E-state index in [0.717, 1.165) is 29.0 Å². The fourth-order valence-corrected chi connectivity index (χ4v) is 3.40. The predicted molar refractivity (Wildman–Crippen MR) is 78.7 cm³/mol. The van der Waals surface area contributed by atoms with E-state index in [0.29, 0.717) is 11.1 Å². The topological polar surface area (TPSA) is 63.8 Å². The van der Waals surface area contributed by atoms with Crippen LogP contribution >= 0.6 is 15.9 Å². The third-order valence-electron chi connectivity index (χ3n) is 3.76. The number of fused-ring (bicyclic) bond motifs is 2. The zero-order valence-corrected chi connectivity index (χ0v) is 12.2. The van der Waals surface area contributed by atoms with E-state index in [1.807, 2.05) is 18.2 Å². The van der Waals surface area contributed by atoms with Gasteiger partial charge in [0.2, 0.25) is 0 Å². The van der Waals surface area contributed by atoms with E-state index in [1.54, 1.807) is 0 Å². The lowest BCUT2D eigenvalue weighted by Crippen LogP contribution is -2.10. The summed E-state index contributed by atoms with van der Waals surface area (Å²) in [6.07, 6.45) is 3.42. The minimum atomic E-state index is -0.426. The monoisotopic (exact) mass is 333 g/mol. The molecule has 0 saturated carbocycles. The number of aromatic nitrogens is 3. The van der Waals surface area contributed by atoms with E-state index in [2.05, 4.69) is 30.5 Å². The molecule has 2 aromatic heterocycles. The van der Waals surface area contributed by atoms with Crippen LogP contribution in [-0.4, -0.2) is 14.5 Å². The molecule has 0 atom stereocenters. The van der Waals surface area contributed by atoms with Gasteiger partial charge in [0.1, 0.15) is 0 Å². The molecule has 0 bridgehead atoms. The maximum atomic E-state index is 11.2. The average Bonchev–Trinajstić information content (AvgIpc) is 2.98.